The molecule has 1 aliphatic heterocycles. The SMILES string of the molecule is COC(=O)C1CN(C2CCc3cc(OCc4ccc(C)c(C(F)(F)F)c4)ccc32)C1. The van der Waals surface area contributed by atoms with Crippen molar-refractivity contribution in [3.8, 4) is 5.75 Å². The van der Waals surface area contributed by atoms with Crippen molar-refractivity contribution in [1.29, 1.82) is 0 Å². The third-order valence-corrected chi connectivity index (χ3v) is 6.06. The van der Waals surface area contributed by atoms with Crippen molar-refractivity contribution in [2.24, 2.45) is 5.92 Å². The van der Waals surface area contributed by atoms with Crippen molar-refractivity contribution < 1.29 is 27.4 Å². The molecule has 0 saturated carbocycles. The van der Waals surface area contributed by atoms with Gasteiger partial charge in [-0.1, -0.05) is 18.2 Å². The Morgan fingerprint density at radius 2 is 1.93 bits per heavy atom. The highest BCUT2D eigenvalue weighted by Crippen LogP contribution is 2.41. The summed E-state index contributed by atoms with van der Waals surface area (Å²) >= 11 is 0. The lowest BCUT2D eigenvalue weighted by atomic mass is 9.95. The molecule has 2 aromatic rings. The molecule has 7 heteroatoms. The molecule has 1 saturated heterocycles. The number of hydrogen-bond donors (Lipinski definition) is 0. The molecule has 0 spiro atoms. The maximum absolute atomic E-state index is 13.1. The number of methoxy groups -OCH3 is 1. The number of likely N-dealkylation sites (tertiary alicyclic amines) is 1. The maximum atomic E-state index is 13.1. The molecule has 1 fully saturated rings. The van der Waals surface area contributed by atoms with Gasteiger partial charge in [-0.05, 0) is 60.2 Å². The van der Waals surface area contributed by atoms with E-state index in [2.05, 4.69) is 4.90 Å². The summed E-state index contributed by atoms with van der Waals surface area (Å²) in [6.07, 6.45) is -2.47. The smallest absolute Gasteiger partial charge is 0.416 e. The zero-order valence-corrected chi connectivity index (χ0v) is 17.0. The van der Waals surface area contributed by atoms with Crippen molar-refractivity contribution in [3.05, 3.63) is 64.2 Å². The molecule has 0 N–H and O–H groups in total. The van der Waals surface area contributed by atoms with Crippen molar-refractivity contribution in [3.63, 3.8) is 0 Å². The highest BCUT2D eigenvalue weighted by molar-refractivity contribution is 5.73. The molecule has 0 aromatic heterocycles. The fraction of sp³-hybridized carbons (Fsp3) is 0.435. The van der Waals surface area contributed by atoms with Crippen LogP contribution in [0.3, 0.4) is 0 Å². The first kappa shape index (κ1) is 20.7. The lowest BCUT2D eigenvalue weighted by Crippen LogP contribution is -2.51. The van der Waals surface area contributed by atoms with Gasteiger partial charge < -0.3 is 9.47 Å². The van der Waals surface area contributed by atoms with Gasteiger partial charge in [0.1, 0.15) is 12.4 Å². The van der Waals surface area contributed by atoms with E-state index in [-0.39, 0.29) is 24.1 Å². The summed E-state index contributed by atoms with van der Waals surface area (Å²) in [5, 5.41) is 0. The molecule has 1 heterocycles. The van der Waals surface area contributed by atoms with Gasteiger partial charge >= 0.3 is 12.1 Å². The minimum Gasteiger partial charge on any atom is -0.489 e. The molecule has 160 valence electrons. The molecule has 1 unspecified atom stereocenters. The number of aryl methyl sites for hydroxylation is 2. The molecule has 4 rings (SSSR count). The molecule has 0 bridgehead atoms. The number of fused-ring (bicyclic) bond motifs is 1. The molecule has 2 aliphatic rings. The maximum Gasteiger partial charge on any atom is 0.416 e. The van der Waals surface area contributed by atoms with Crippen LogP contribution in [0.4, 0.5) is 13.2 Å². The quantitative estimate of drug-likeness (QED) is 0.660. The predicted molar refractivity (Wildman–Crippen MR) is 105 cm³/mol. The number of benzene rings is 2. The minimum absolute atomic E-state index is 0.0437. The number of esters is 1. The largest absolute Gasteiger partial charge is 0.489 e. The van der Waals surface area contributed by atoms with Crippen LogP contribution in [0.25, 0.3) is 0 Å². The van der Waals surface area contributed by atoms with E-state index in [0.717, 1.165) is 18.9 Å². The van der Waals surface area contributed by atoms with E-state index in [9.17, 15) is 18.0 Å². The molecule has 0 amide bonds. The summed E-state index contributed by atoms with van der Waals surface area (Å²) in [5.41, 5.74) is 2.50. The highest BCUT2D eigenvalue weighted by Gasteiger charge is 2.40. The van der Waals surface area contributed by atoms with Gasteiger partial charge in [0.05, 0.1) is 18.6 Å². The Morgan fingerprint density at radius 1 is 1.17 bits per heavy atom. The van der Waals surface area contributed by atoms with Crippen LogP contribution in [0.2, 0.25) is 0 Å². The lowest BCUT2D eigenvalue weighted by molar-refractivity contribution is -0.152. The summed E-state index contributed by atoms with van der Waals surface area (Å²) in [4.78, 5) is 13.9. The van der Waals surface area contributed by atoms with Crippen molar-refractivity contribution >= 4 is 5.97 Å². The van der Waals surface area contributed by atoms with E-state index in [0.29, 0.717) is 30.4 Å². The molecule has 2 aromatic carbocycles. The Hall–Kier alpha value is -2.54. The Bertz CT molecular complexity index is 951. The van der Waals surface area contributed by atoms with E-state index in [1.54, 1.807) is 6.07 Å². The fourth-order valence-electron chi connectivity index (χ4n) is 4.35. The Morgan fingerprint density at radius 3 is 2.63 bits per heavy atom. The van der Waals surface area contributed by atoms with Crippen LogP contribution in [-0.2, 0) is 28.7 Å². The summed E-state index contributed by atoms with van der Waals surface area (Å²) in [5.74, 6) is 0.454. The fourth-order valence-corrected chi connectivity index (χ4v) is 4.35. The van der Waals surface area contributed by atoms with Crippen LogP contribution in [0, 0.1) is 12.8 Å². The average Bonchev–Trinajstić information content (AvgIpc) is 3.08. The van der Waals surface area contributed by atoms with Crippen LogP contribution < -0.4 is 4.74 Å². The number of hydrogen-bond acceptors (Lipinski definition) is 4. The number of carbonyl (C=O) groups is 1. The lowest BCUT2D eigenvalue weighted by Gasteiger charge is -2.41. The van der Waals surface area contributed by atoms with E-state index in [4.69, 9.17) is 9.47 Å². The Balaban J connectivity index is 1.40. The zero-order valence-electron chi connectivity index (χ0n) is 17.0. The molecular weight excluding hydrogens is 395 g/mol. The number of nitrogens with zero attached hydrogens (tertiary/aromatic N) is 1. The molecule has 1 atom stereocenters. The van der Waals surface area contributed by atoms with E-state index >= 15 is 0 Å². The Kier molecular flexibility index (Phi) is 5.49. The van der Waals surface area contributed by atoms with Gasteiger partial charge in [0.25, 0.3) is 0 Å². The number of rotatable bonds is 5. The average molecular weight is 419 g/mol. The van der Waals surface area contributed by atoms with Crippen molar-refractivity contribution in [2.75, 3.05) is 20.2 Å². The monoisotopic (exact) mass is 419 g/mol. The van der Waals surface area contributed by atoms with Crippen LogP contribution >= 0.6 is 0 Å². The summed E-state index contributed by atoms with van der Waals surface area (Å²) in [6, 6.07) is 10.5. The second kappa shape index (κ2) is 7.95. The van der Waals surface area contributed by atoms with Gasteiger partial charge in [0, 0.05) is 19.1 Å². The van der Waals surface area contributed by atoms with Crippen LogP contribution in [0.1, 0.15) is 40.3 Å². The molecular formula is C23H24F3NO3. The molecule has 30 heavy (non-hydrogen) atoms. The van der Waals surface area contributed by atoms with Gasteiger partial charge in [-0.2, -0.15) is 13.2 Å². The first-order valence-corrected chi connectivity index (χ1v) is 10.0. The van der Waals surface area contributed by atoms with E-state index < -0.39 is 11.7 Å². The predicted octanol–water partition coefficient (Wildman–Crippen LogP) is 4.68. The minimum atomic E-state index is -4.37. The van der Waals surface area contributed by atoms with Gasteiger partial charge in [0.2, 0.25) is 0 Å². The van der Waals surface area contributed by atoms with E-state index in [1.165, 1.54) is 31.2 Å². The third kappa shape index (κ3) is 4.03. The Labute approximate surface area is 173 Å². The molecule has 0 radical (unpaired) electrons. The molecule has 4 nitrogen and oxygen atoms in total. The van der Waals surface area contributed by atoms with Gasteiger partial charge in [0.15, 0.2) is 0 Å². The molecule has 1 aliphatic carbocycles. The second-order valence-corrected chi connectivity index (χ2v) is 8.02. The van der Waals surface area contributed by atoms with Crippen LogP contribution in [0.5, 0.6) is 5.75 Å². The topological polar surface area (TPSA) is 38.8 Å². The third-order valence-electron chi connectivity index (χ3n) is 6.06. The van der Waals surface area contributed by atoms with Crippen molar-refractivity contribution in [1.82, 2.24) is 4.90 Å². The van der Waals surface area contributed by atoms with Crippen molar-refractivity contribution in [2.45, 2.75) is 38.6 Å². The number of halogens is 3. The standard InChI is InChI=1S/C23H24F3NO3/c1-14-3-4-15(9-20(14)23(24,25)26)13-30-18-6-7-19-16(10-18)5-8-21(19)27-11-17(12-27)22(28)29-2/h3-4,6-7,9-10,17,21H,5,8,11-13H2,1-2H3. The first-order valence-electron chi connectivity index (χ1n) is 10.0. The van der Waals surface area contributed by atoms with Gasteiger partial charge in [-0.3, -0.25) is 9.69 Å². The van der Waals surface area contributed by atoms with E-state index in [1.807, 2.05) is 18.2 Å². The second-order valence-electron chi connectivity index (χ2n) is 8.02. The summed E-state index contributed by atoms with van der Waals surface area (Å²) in [6.45, 7) is 2.96. The summed E-state index contributed by atoms with van der Waals surface area (Å²) < 4.78 is 49.9. The normalized spacial score (nSPS) is 19.3. The number of ether oxygens (including phenoxy) is 2. The highest BCUT2D eigenvalue weighted by atomic mass is 19.4. The van der Waals surface area contributed by atoms with Gasteiger partial charge in [-0.25, -0.2) is 0 Å². The van der Waals surface area contributed by atoms with Crippen LogP contribution in [-0.4, -0.2) is 31.1 Å². The van der Waals surface area contributed by atoms with Crippen LogP contribution in [0.15, 0.2) is 36.4 Å². The number of carbonyl (C=O) groups excluding carboxylic acids is 1. The van der Waals surface area contributed by atoms with Gasteiger partial charge in [-0.15, -0.1) is 0 Å². The summed E-state index contributed by atoms with van der Waals surface area (Å²) in [7, 11) is 1.41. The first-order chi connectivity index (χ1) is 14.3. The zero-order chi connectivity index (χ0) is 21.5. The number of alkyl halides is 3.